The molecule has 0 aliphatic rings. The van der Waals surface area contributed by atoms with Crippen LogP contribution in [0.5, 0.6) is 0 Å². The summed E-state index contributed by atoms with van der Waals surface area (Å²) in [6, 6.07) is 3.68. The summed E-state index contributed by atoms with van der Waals surface area (Å²) in [4.78, 5) is 5.37. The molecule has 2 aromatic heterocycles. The molecule has 0 atom stereocenters. The standard InChI is InChI=1S/C10H9N5S/c1-7-5-12-9(16-7)6-13-10-8(4-11)2-3-14-15-10/h2-3,5H,6H2,1H3,(H,13,15). The highest BCUT2D eigenvalue weighted by atomic mass is 32.1. The predicted octanol–water partition coefficient (Wildman–Crippen LogP) is 1.73. The lowest BCUT2D eigenvalue weighted by molar-refractivity contribution is 0.988. The number of aryl methyl sites for hydroxylation is 1. The van der Waals surface area contributed by atoms with Crippen LogP contribution in [0.1, 0.15) is 15.4 Å². The SMILES string of the molecule is Cc1cnc(CNc2nnccc2C#N)s1. The number of hydrogen-bond acceptors (Lipinski definition) is 6. The zero-order chi connectivity index (χ0) is 11.4. The van der Waals surface area contributed by atoms with Gasteiger partial charge in [-0.2, -0.15) is 10.4 Å². The van der Waals surface area contributed by atoms with Gasteiger partial charge in [0.15, 0.2) is 5.82 Å². The van der Waals surface area contributed by atoms with E-state index in [-0.39, 0.29) is 0 Å². The van der Waals surface area contributed by atoms with Crippen LogP contribution in [0.2, 0.25) is 0 Å². The highest BCUT2D eigenvalue weighted by Gasteiger charge is 2.04. The van der Waals surface area contributed by atoms with Crippen LogP contribution in [0, 0.1) is 18.3 Å². The van der Waals surface area contributed by atoms with Gasteiger partial charge in [-0.05, 0) is 13.0 Å². The number of thiazole rings is 1. The summed E-state index contributed by atoms with van der Waals surface area (Å²) in [6.45, 7) is 2.57. The van der Waals surface area contributed by atoms with Crippen molar-refractivity contribution in [3.05, 3.63) is 33.9 Å². The average Bonchev–Trinajstić information content (AvgIpc) is 2.73. The second-order valence-electron chi connectivity index (χ2n) is 3.12. The third-order valence-electron chi connectivity index (χ3n) is 1.92. The first-order chi connectivity index (χ1) is 7.79. The molecule has 5 nitrogen and oxygen atoms in total. The monoisotopic (exact) mass is 231 g/mol. The van der Waals surface area contributed by atoms with Gasteiger partial charge < -0.3 is 5.32 Å². The van der Waals surface area contributed by atoms with Gasteiger partial charge >= 0.3 is 0 Å². The van der Waals surface area contributed by atoms with E-state index in [4.69, 9.17) is 5.26 Å². The minimum atomic E-state index is 0.489. The minimum Gasteiger partial charge on any atom is -0.361 e. The minimum absolute atomic E-state index is 0.489. The fraction of sp³-hybridized carbons (Fsp3) is 0.200. The van der Waals surface area contributed by atoms with Crippen LogP contribution < -0.4 is 5.32 Å². The molecule has 6 heteroatoms. The Morgan fingerprint density at radius 2 is 2.44 bits per heavy atom. The maximum Gasteiger partial charge on any atom is 0.166 e. The first-order valence-electron chi connectivity index (χ1n) is 4.66. The molecule has 0 bridgehead atoms. The van der Waals surface area contributed by atoms with Crippen LogP contribution in [0.3, 0.4) is 0 Å². The Hall–Kier alpha value is -2.00. The van der Waals surface area contributed by atoms with Crippen molar-refractivity contribution < 1.29 is 0 Å². The Balaban J connectivity index is 2.08. The molecule has 80 valence electrons. The summed E-state index contributed by atoms with van der Waals surface area (Å²) in [5.74, 6) is 0.498. The Morgan fingerprint density at radius 3 is 3.12 bits per heavy atom. The van der Waals surface area contributed by atoms with E-state index in [0.717, 1.165) is 9.88 Å². The zero-order valence-electron chi connectivity index (χ0n) is 8.64. The van der Waals surface area contributed by atoms with Gasteiger partial charge in [0.25, 0.3) is 0 Å². The van der Waals surface area contributed by atoms with Crippen molar-refractivity contribution in [3.63, 3.8) is 0 Å². The summed E-state index contributed by atoms with van der Waals surface area (Å²) >= 11 is 1.62. The molecule has 0 spiro atoms. The number of nitriles is 1. The molecule has 1 N–H and O–H groups in total. The van der Waals surface area contributed by atoms with Gasteiger partial charge in [-0.1, -0.05) is 0 Å². The number of aromatic nitrogens is 3. The Labute approximate surface area is 96.8 Å². The first kappa shape index (κ1) is 10.5. The number of nitrogens with one attached hydrogen (secondary N) is 1. The van der Waals surface area contributed by atoms with E-state index < -0.39 is 0 Å². The van der Waals surface area contributed by atoms with Crippen molar-refractivity contribution >= 4 is 17.2 Å². The second-order valence-corrected chi connectivity index (χ2v) is 4.44. The van der Waals surface area contributed by atoms with Crippen molar-refractivity contribution in [2.75, 3.05) is 5.32 Å². The quantitative estimate of drug-likeness (QED) is 0.870. The summed E-state index contributed by atoms with van der Waals surface area (Å²) in [5.41, 5.74) is 0.489. The molecule has 2 heterocycles. The normalized spacial score (nSPS) is 9.75. The first-order valence-corrected chi connectivity index (χ1v) is 5.48. The summed E-state index contributed by atoms with van der Waals surface area (Å²) < 4.78 is 0. The topological polar surface area (TPSA) is 74.5 Å². The van der Waals surface area contributed by atoms with Gasteiger partial charge in [0.2, 0.25) is 0 Å². The maximum absolute atomic E-state index is 8.85. The van der Waals surface area contributed by atoms with Gasteiger partial charge in [-0.3, -0.25) is 0 Å². The Bertz CT molecular complexity index is 528. The van der Waals surface area contributed by atoms with Crippen molar-refractivity contribution in [1.82, 2.24) is 15.2 Å². The van der Waals surface area contributed by atoms with Crippen molar-refractivity contribution in [2.24, 2.45) is 0 Å². The van der Waals surface area contributed by atoms with Crippen LogP contribution >= 0.6 is 11.3 Å². The molecule has 0 fully saturated rings. The van der Waals surface area contributed by atoms with E-state index >= 15 is 0 Å². The highest BCUT2D eigenvalue weighted by Crippen LogP contribution is 2.14. The fourth-order valence-electron chi connectivity index (χ4n) is 1.20. The lowest BCUT2D eigenvalue weighted by Gasteiger charge is -2.02. The molecule has 0 saturated heterocycles. The molecular weight excluding hydrogens is 222 g/mol. The Morgan fingerprint density at radius 1 is 1.56 bits per heavy atom. The molecule has 0 amide bonds. The molecule has 0 aliphatic heterocycles. The average molecular weight is 231 g/mol. The van der Waals surface area contributed by atoms with E-state index in [0.29, 0.717) is 17.9 Å². The fourth-order valence-corrected chi connectivity index (χ4v) is 1.92. The molecule has 2 aromatic rings. The third kappa shape index (κ3) is 2.32. The number of nitrogens with zero attached hydrogens (tertiary/aromatic N) is 4. The largest absolute Gasteiger partial charge is 0.361 e. The smallest absolute Gasteiger partial charge is 0.166 e. The van der Waals surface area contributed by atoms with E-state index in [9.17, 15) is 0 Å². The van der Waals surface area contributed by atoms with Crippen LogP contribution in [0.15, 0.2) is 18.5 Å². The van der Waals surface area contributed by atoms with E-state index in [1.807, 2.05) is 13.1 Å². The molecule has 0 unspecified atom stereocenters. The lowest BCUT2D eigenvalue weighted by atomic mass is 10.3. The van der Waals surface area contributed by atoms with Crippen LogP contribution in [-0.4, -0.2) is 15.2 Å². The van der Waals surface area contributed by atoms with Crippen molar-refractivity contribution in [1.29, 1.82) is 5.26 Å². The number of hydrogen-bond donors (Lipinski definition) is 1. The van der Waals surface area contributed by atoms with Gasteiger partial charge in [0.1, 0.15) is 11.1 Å². The molecule has 0 radical (unpaired) electrons. The predicted molar refractivity (Wildman–Crippen MR) is 60.9 cm³/mol. The van der Waals surface area contributed by atoms with Gasteiger partial charge in [0, 0.05) is 11.1 Å². The number of anilines is 1. The molecule has 0 aliphatic carbocycles. The molecular formula is C10H9N5S. The molecule has 16 heavy (non-hydrogen) atoms. The van der Waals surface area contributed by atoms with Gasteiger partial charge in [-0.25, -0.2) is 4.98 Å². The van der Waals surface area contributed by atoms with Crippen LogP contribution in [-0.2, 0) is 6.54 Å². The molecule has 0 saturated carbocycles. The zero-order valence-corrected chi connectivity index (χ0v) is 9.45. The molecule has 2 rings (SSSR count). The summed E-state index contributed by atoms with van der Waals surface area (Å²) in [6.07, 6.45) is 3.32. The number of rotatable bonds is 3. The second kappa shape index (κ2) is 4.68. The summed E-state index contributed by atoms with van der Waals surface area (Å²) in [7, 11) is 0. The van der Waals surface area contributed by atoms with Crippen molar-refractivity contribution in [3.8, 4) is 6.07 Å². The third-order valence-corrected chi connectivity index (χ3v) is 2.83. The summed E-state index contributed by atoms with van der Waals surface area (Å²) in [5, 5.41) is 20.5. The maximum atomic E-state index is 8.85. The lowest BCUT2D eigenvalue weighted by Crippen LogP contribution is -2.03. The van der Waals surface area contributed by atoms with Crippen LogP contribution in [0.25, 0.3) is 0 Å². The van der Waals surface area contributed by atoms with E-state index in [2.05, 4.69) is 26.6 Å². The van der Waals surface area contributed by atoms with Gasteiger partial charge in [-0.15, -0.1) is 16.4 Å². The molecule has 0 aromatic carbocycles. The Kier molecular flexibility index (Phi) is 3.08. The van der Waals surface area contributed by atoms with Gasteiger partial charge in [0.05, 0.1) is 18.3 Å². The van der Waals surface area contributed by atoms with E-state index in [1.54, 1.807) is 17.4 Å². The van der Waals surface area contributed by atoms with Crippen molar-refractivity contribution in [2.45, 2.75) is 13.5 Å². The van der Waals surface area contributed by atoms with Crippen LogP contribution in [0.4, 0.5) is 5.82 Å². The van der Waals surface area contributed by atoms with E-state index in [1.165, 1.54) is 6.20 Å². The highest BCUT2D eigenvalue weighted by molar-refractivity contribution is 7.11.